The van der Waals surface area contributed by atoms with Crippen LogP contribution in [0.1, 0.15) is 83.4 Å². The minimum atomic E-state index is -0.236. The summed E-state index contributed by atoms with van der Waals surface area (Å²) in [5.74, 6) is 1.35. The second-order valence-electron chi connectivity index (χ2n) is 10.3. The smallest absolute Gasteiger partial charge is 0.259 e. The minimum absolute atomic E-state index is 0.0405. The molecule has 0 spiro atoms. The maximum Gasteiger partial charge on any atom is 0.259 e. The molecule has 1 N–H and O–H groups in total. The van der Waals surface area contributed by atoms with Crippen molar-refractivity contribution < 1.29 is 14.0 Å². The highest BCUT2D eigenvalue weighted by atomic mass is 32.1. The van der Waals surface area contributed by atoms with E-state index < -0.39 is 0 Å². The van der Waals surface area contributed by atoms with Gasteiger partial charge in [0.25, 0.3) is 5.91 Å². The van der Waals surface area contributed by atoms with E-state index >= 15 is 0 Å². The number of carbonyl (C=O) groups is 2. The standard InChI is InChI=1S/C27H33N5O3S/c1-16-15-20(35-18(16)3)8-10-22(33)32-13-11-19(12-14-32)23-21(9-7-17(2)28-23)24(34)29-26-31-30-25(36-26)27(4,5)6/h7-10,15,19H,11-14H2,1-6H3,(H,29,31,34). The van der Waals surface area contributed by atoms with Crippen molar-refractivity contribution in [3.05, 3.63) is 63.3 Å². The van der Waals surface area contributed by atoms with Crippen molar-refractivity contribution in [2.24, 2.45) is 0 Å². The van der Waals surface area contributed by atoms with Crippen LogP contribution >= 0.6 is 11.3 Å². The Labute approximate surface area is 215 Å². The molecule has 0 atom stereocenters. The van der Waals surface area contributed by atoms with Crippen LogP contribution in [0.25, 0.3) is 6.08 Å². The van der Waals surface area contributed by atoms with Crippen LogP contribution in [-0.2, 0) is 10.2 Å². The van der Waals surface area contributed by atoms with Gasteiger partial charge in [0.1, 0.15) is 16.5 Å². The molecular formula is C27H33N5O3S. The number of nitrogens with one attached hydrogen (secondary N) is 1. The Hall–Kier alpha value is -3.33. The fraction of sp³-hybridized carbons (Fsp3) is 0.444. The van der Waals surface area contributed by atoms with Crippen LogP contribution in [0.4, 0.5) is 5.13 Å². The molecule has 0 unspecified atom stereocenters. The van der Waals surface area contributed by atoms with Crippen LogP contribution < -0.4 is 5.32 Å². The Morgan fingerprint density at radius 1 is 1.14 bits per heavy atom. The lowest BCUT2D eigenvalue weighted by atomic mass is 9.89. The van der Waals surface area contributed by atoms with Gasteiger partial charge in [0, 0.05) is 36.2 Å². The molecule has 3 aromatic rings. The number of piperidine rings is 1. The van der Waals surface area contributed by atoms with E-state index in [9.17, 15) is 9.59 Å². The molecular weight excluding hydrogens is 474 g/mol. The molecule has 4 rings (SSSR count). The van der Waals surface area contributed by atoms with Crippen LogP contribution in [0.2, 0.25) is 0 Å². The molecule has 3 aromatic heterocycles. The van der Waals surface area contributed by atoms with Gasteiger partial charge in [-0.3, -0.25) is 19.9 Å². The number of furan rings is 1. The van der Waals surface area contributed by atoms with Gasteiger partial charge >= 0.3 is 0 Å². The Bertz CT molecular complexity index is 1270. The zero-order valence-corrected chi connectivity index (χ0v) is 22.5. The fourth-order valence-corrected chi connectivity index (χ4v) is 4.93. The molecule has 4 heterocycles. The SMILES string of the molecule is Cc1ccc(C(=O)Nc2nnc(C(C)(C)C)s2)c(C2CCN(C(=O)C=Cc3cc(C)c(C)o3)CC2)n1. The van der Waals surface area contributed by atoms with Gasteiger partial charge in [-0.25, -0.2) is 0 Å². The summed E-state index contributed by atoms with van der Waals surface area (Å²) in [4.78, 5) is 32.5. The fourth-order valence-electron chi connectivity index (χ4n) is 4.14. The third-order valence-corrected chi connectivity index (χ3v) is 7.63. The summed E-state index contributed by atoms with van der Waals surface area (Å²) in [6.45, 7) is 13.2. The summed E-state index contributed by atoms with van der Waals surface area (Å²) in [7, 11) is 0. The highest BCUT2D eigenvalue weighted by molar-refractivity contribution is 7.15. The predicted octanol–water partition coefficient (Wildman–Crippen LogP) is 5.42. The number of anilines is 1. The van der Waals surface area contributed by atoms with E-state index in [0.717, 1.165) is 40.6 Å². The average Bonchev–Trinajstić information content (AvgIpc) is 3.43. The van der Waals surface area contributed by atoms with Crippen molar-refractivity contribution in [2.45, 2.75) is 65.7 Å². The minimum Gasteiger partial charge on any atom is -0.462 e. The number of likely N-dealkylation sites (tertiary alicyclic amines) is 1. The van der Waals surface area contributed by atoms with Gasteiger partial charge in [-0.05, 0) is 63.5 Å². The maximum absolute atomic E-state index is 13.2. The molecule has 190 valence electrons. The second-order valence-corrected chi connectivity index (χ2v) is 11.3. The summed E-state index contributed by atoms with van der Waals surface area (Å²) < 4.78 is 5.62. The van der Waals surface area contributed by atoms with Crippen molar-refractivity contribution in [3.8, 4) is 0 Å². The Balaban J connectivity index is 1.42. The largest absolute Gasteiger partial charge is 0.462 e. The Morgan fingerprint density at radius 3 is 2.47 bits per heavy atom. The molecule has 0 bridgehead atoms. The number of rotatable bonds is 5. The number of pyridine rings is 1. The highest BCUT2D eigenvalue weighted by Crippen LogP contribution is 2.31. The van der Waals surface area contributed by atoms with Crippen molar-refractivity contribution >= 4 is 34.4 Å². The Kier molecular flexibility index (Phi) is 7.40. The van der Waals surface area contributed by atoms with Gasteiger partial charge in [0.05, 0.1) is 11.3 Å². The lowest BCUT2D eigenvalue weighted by Gasteiger charge is -2.31. The van der Waals surface area contributed by atoms with Crippen LogP contribution in [0.3, 0.4) is 0 Å². The average molecular weight is 508 g/mol. The molecule has 0 saturated carbocycles. The second kappa shape index (κ2) is 10.3. The van der Waals surface area contributed by atoms with Crippen molar-refractivity contribution in [1.29, 1.82) is 0 Å². The first-order chi connectivity index (χ1) is 17.0. The van der Waals surface area contributed by atoms with Crippen molar-refractivity contribution in [1.82, 2.24) is 20.1 Å². The van der Waals surface area contributed by atoms with E-state index in [1.54, 1.807) is 12.2 Å². The number of hydrogen-bond donors (Lipinski definition) is 1. The molecule has 1 fully saturated rings. The number of hydrogen-bond acceptors (Lipinski definition) is 7. The first-order valence-electron chi connectivity index (χ1n) is 12.2. The first-order valence-corrected chi connectivity index (χ1v) is 13.0. The van der Waals surface area contributed by atoms with E-state index in [0.29, 0.717) is 29.5 Å². The van der Waals surface area contributed by atoms with Gasteiger partial charge in [0.15, 0.2) is 0 Å². The molecule has 0 radical (unpaired) electrons. The van der Waals surface area contributed by atoms with Crippen LogP contribution in [0.5, 0.6) is 0 Å². The van der Waals surface area contributed by atoms with Crippen LogP contribution in [0, 0.1) is 20.8 Å². The monoisotopic (exact) mass is 507 g/mol. The zero-order chi connectivity index (χ0) is 26.0. The number of amides is 2. The quantitative estimate of drug-likeness (QED) is 0.463. The van der Waals surface area contributed by atoms with Gasteiger partial charge in [0.2, 0.25) is 11.0 Å². The molecule has 1 aliphatic rings. The van der Waals surface area contributed by atoms with Gasteiger partial charge in [-0.1, -0.05) is 32.1 Å². The molecule has 8 nitrogen and oxygen atoms in total. The van der Waals surface area contributed by atoms with Crippen molar-refractivity contribution in [2.75, 3.05) is 18.4 Å². The molecule has 1 aliphatic heterocycles. The molecule has 0 aliphatic carbocycles. The number of aryl methyl sites for hydroxylation is 3. The summed E-state index contributed by atoms with van der Waals surface area (Å²) in [6.07, 6.45) is 4.76. The van der Waals surface area contributed by atoms with Crippen LogP contribution in [0.15, 0.2) is 28.7 Å². The maximum atomic E-state index is 13.2. The molecule has 36 heavy (non-hydrogen) atoms. The first kappa shape index (κ1) is 25.8. The third-order valence-electron chi connectivity index (χ3n) is 6.36. The highest BCUT2D eigenvalue weighted by Gasteiger charge is 2.28. The van der Waals surface area contributed by atoms with Gasteiger partial charge < -0.3 is 9.32 Å². The van der Waals surface area contributed by atoms with Crippen LogP contribution in [-0.4, -0.2) is 45.0 Å². The predicted molar refractivity (Wildman–Crippen MR) is 141 cm³/mol. The summed E-state index contributed by atoms with van der Waals surface area (Å²) in [6, 6.07) is 5.60. The summed E-state index contributed by atoms with van der Waals surface area (Å²) in [5, 5.41) is 12.6. The van der Waals surface area contributed by atoms with E-state index in [1.807, 2.05) is 43.9 Å². The molecule has 9 heteroatoms. The number of nitrogens with zero attached hydrogens (tertiary/aromatic N) is 4. The molecule has 2 amide bonds. The third kappa shape index (κ3) is 5.90. The summed E-state index contributed by atoms with van der Waals surface area (Å²) >= 11 is 1.38. The van der Waals surface area contributed by atoms with Gasteiger partial charge in [-0.15, -0.1) is 10.2 Å². The van der Waals surface area contributed by atoms with Gasteiger partial charge in [-0.2, -0.15) is 0 Å². The van der Waals surface area contributed by atoms with E-state index in [1.165, 1.54) is 11.3 Å². The lowest BCUT2D eigenvalue weighted by Crippen LogP contribution is -2.37. The van der Waals surface area contributed by atoms with Crippen molar-refractivity contribution in [3.63, 3.8) is 0 Å². The number of carbonyl (C=O) groups excluding carboxylic acids is 2. The number of aromatic nitrogens is 3. The molecule has 1 saturated heterocycles. The van der Waals surface area contributed by atoms with E-state index in [-0.39, 0.29) is 23.1 Å². The summed E-state index contributed by atoms with van der Waals surface area (Å²) in [5.41, 5.74) is 3.11. The molecule has 0 aromatic carbocycles. The zero-order valence-electron chi connectivity index (χ0n) is 21.7. The Morgan fingerprint density at radius 2 is 1.86 bits per heavy atom. The lowest BCUT2D eigenvalue weighted by molar-refractivity contribution is -0.127. The van der Waals surface area contributed by atoms with E-state index in [4.69, 9.17) is 9.40 Å². The topological polar surface area (TPSA) is 101 Å². The normalized spacial score (nSPS) is 15.0. The van der Waals surface area contributed by atoms with E-state index in [2.05, 4.69) is 36.3 Å².